The van der Waals surface area contributed by atoms with Crippen LogP contribution in [0.25, 0.3) is 0 Å². The lowest BCUT2D eigenvalue weighted by Crippen LogP contribution is -2.22. The molecule has 1 aromatic carbocycles. The van der Waals surface area contributed by atoms with Gasteiger partial charge in [0.15, 0.2) is 5.84 Å². The molecule has 0 aliphatic rings. The van der Waals surface area contributed by atoms with E-state index in [1.165, 1.54) is 0 Å². The van der Waals surface area contributed by atoms with Gasteiger partial charge in [-0.15, -0.1) is 0 Å². The van der Waals surface area contributed by atoms with E-state index >= 15 is 0 Å². The van der Waals surface area contributed by atoms with Crippen molar-refractivity contribution in [1.82, 2.24) is 0 Å². The average Bonchev–Trinajstić information content (AvgIpc) is 2.30. The van der Waals surface area contributed by atoms with Gasteiger partial charge in [0, 0.05) is 24.3 Å². The highest BCUT2D eigenvalue weighted by atomic mass is 16.4. The molecule has 0 aliphatic carbocycles. The van der Waals surface area contributed by atoms with Crippen LogP contribution in [-0.4, -0.2) is 24.1 Å². The van der Waals surface area contributed by atoms with Gasteiger partial charge >= 0.3 is 0 Å². The molecule has 0 atom stereocenters. The maximum Gasteiger partial charge on any atom is 0.170 e. The number of aryl methyl sites for hydroxylation is 1. The van der Waals surface area contributed by atoms with Crippen molar-refractivity contribution in [3.8, 4) is 0 Å². The number of amidine groups is 1. The van der Waals surface area contributed by atoms with Crippen molar-refractivity contribution in [1.29, 1.82) is 0 Å². The summed E-state index contributed by atoms with van der Waals surface area (Å²) in [5, 5.41) is 11.7. The van der Waals surface area contributed by atoms with Gasteiger partial charge in [0.2, 0.25) is 0 Å². The maximum atomic E-state index is 8.64. The molecule has 4 heteroatoms. The fourth-order valence-corrected chi connectivity index (χ4v) is 1.77. The number of rotatable bonds is 4. The summed E-state index contributed by atoms with van der Waals surface area (Å²) >= 11 is 0. The van der Waals surface area contributed by atoms with Gasteiger partial charge in [-0.3, -0.25) is 0 Å². The van der Waals surface area contributed by atoms with Gasteiger partial charge < -0.3 is 15.8 Å². The Balaban J connectivity index is 3.08. The first-order valence-electron chi connectivity index (χ1n) is 5.47. The van der Waals surface area contributed by atoms with Crippen LogP contribution >= 0.6 is 0 Å². The molecule has 0 heterocycles. The standard InChI is InChI=1S/C12H19N3O/c1-4-15(5-2)10-6-7-11(9(3)8-10)12(13)14-16/h6-8,16H,4-5H2,1-3H3,(H2,13,14). The van der Waals surface area contributed by atoms with Crippen molar-refractivity contribution in [2.24, 2.45) is 10.9 Å². The molecule has 0 radical (unpaired) electrons. The lowest BCUT2D eigenvalue weighted by Gasteiger charge is -2.22. The minimum atomic E-state index is 0.156. The quantitative estimate of drug-likeness (QED) is 0.353. The minimum absolute atomic E-state index is 0.156. The van der Waals surface area contributed by atoms with Crippen LogP contribution in [0.4, 0.5) is 5.69 Å². The van der Waals surface area contributed by atoms with Crippen LogP contribution in [0.2, 0.25) is 0 Å². The Labute approximate surface area is 96.4 Å². The predicted molar refractivity (Wildman–Crippen MR) is 67.3 cm³/mol. The van der Waals surface area contributed by atoms with Crippen LogP contribution < -0.4 is 10.6 Å². The van der Waals surface area contributed by atoms with Gasteiger partial charge in [-0.05, 0) is 44.5 Å². The van der Waals surface area contributed by atoms with Gasteiger partial charge in [-0.1, -0.05) is 5.16 Å². The summed E-state index contributed by atoms with van der Waals surface area (Å²) in [6.45, 7) is 8.14. The topological polar surface area (TPSA) is 61.8 Å². The number of hydrogen-bond donors (Lipinski definition) is 2. The second-order valence-electron chi connectivity index (χ2n) is 3.66. The van der Waals surface area contributed by atoms with E-state index in [2.05, 4.69) is 30.0 Å². The van der Waals surface area contributed by atoms with Crippen LogP contribution in [0.1, 0.15) is 25.0 Å². The van der Waals surface area contributed by atoms with Gasteiger partial charge in [0.1, 0.15) is 0 Å². The maximum absolute atomic E-state index is 8.64. The first kappa shape index (κ1) is 12.4. The van der Waals surface area contributed by atoms with Crippen molar-refractivity contribution in [3.63, 3.8) is 0 Å². The summed E-state index contributed by atoms with van der Waals surface area (Å²) in [5.41, 5.74) is 8.53. The van der Waals surface area contributed by atoms with E-state index in [1.807, 2.05) is 19.1 Å². The molecule has 0 saturated heterocycles. The third kappa shape index (κ3) is 2.45. The summed E-state index contributed by atoms with van der Waals surface area (Å²) in [6, 6.07) is 5.94. The molecule has 3 N–H and O–H groups in total. The summed E-state index contributed by atoms with van der Waals surface area (Å²) in [7, 11) is 0. The van der Waals surface area contributed by atoms with Gasteiger partial charge in [0.25, 0.3) is 0 Å². The first-order valence-corrected chi connectivity index (χ1v) is 5.47. The summed E-state index contributed by atoms with van der Waals surface area (Å²) in [4.78, 5) is 2.25. The molecule has 0 bridgehead atoms. The molecule has 4 nitrogen and oxygen atoms in total. The Morgan fingerprint density at radius 3 is 2.44 bits per heavy atom. The smallest absolute Gasteiger partial charge is 0.170 e. The highest BCUT2D eigenvalue weighted by molar-refractivity contribution is 5.98. The number of hydrogen-bond acceptors (Lipinski definition) is 3. The zero-order chi connectivity index (χ0) is 12.1. The molecule has 1 aromatic rings. The van der Waals surface area contributed by atoms with Crippen molar-refractivity contribution in [2.45, 2.75) is 20.8 Å². The zero-order valence-electron chi connectivity index (χ0n) is 10.1. The van der Waals surface area contributed by atoms with Gasteiger partial charge in [-0.2, -0.15) is 0 Å². The second kappa shape index (κ2) is 5.39. The van der Waals surface area contributed by atoms with Crippen molar-refractivity contribution in [2.75, 3.05) is 18.0 Å². The molecule has 0 amide bonds. The van der Waals surface area contributed by atoms with Crippen LogP contribution in [0.3, 0.4) is 0 Å². The molecule has 0 unspecified atom stereocenters. The molecule has 88 valence electrons. The normalized spacial score (nSPS) is 11.6. The van der Waals surface area contributed by atoms with E-state index in [4.69, 9.17) is 10.9 Å². The third-order valence-corrected chi connectivity index (χ3v) is 2.72. The Kier molecular flexibility index (Phi) is 4.17. The Bertz CT molecular complexity index is 384. The average molecular weight is 221 g/mol. The SMILES string of the molecule is CCN(CC)c1ccc(/C(N)=N/O)c(C)c1. The Morgan fingerprint density at radius 1 is 1.38 bits per heavy atom. The zero-order valence-corrected chi connectivity index (χ0v) is 10.1. The Morgan fingerprint density at radius 2 is 2.00 bits per heavy atom. The summed E-state index contributed by atoms with van der Waals surface area (Å²) in [6.07, 6.45) is 0. The lowest BCUT2D eigenvalue weighted by molar-refractivity contribution is 0.318. The van der Waals surface area contributed by atoms with Crippen LogP contribution in [0, 0.1) is 6.92 Å². The van der Waals surface area contributed by atoms with E-state index in [0.29, 0.717) is 0 Å². The van der Waals surface area contributed by atoms with Crippen molar-refractivity contribution >= 4 is 11.5 Å². The summed E-state index contributed by atoms with van der Waals surface area (Å²) in [5.74, 6) is 0.156. The van der Waals surface area contributed by atoms with E-state index < -0.39 is 0 Å². The number of nitrogens with two attached hydrogens (primary N) is 1. The minimum Gasteiger partial charge on any atom is -0.409 e. The van der Waals surface area contributed by atoms with E-state index in [0.717, 1.165) is 29.9 Å². The molecule has 0 saturated carbocycles. The van der Waals surface area contributed by atoms with Crippen LogP contribution in [0.15, 0.2) is 23.4 Å². The van der Waals surface area contributed by atoms with Crippen LogP contribution in [0.5, 0.6) is 0 Å². The molecular weight excluding hydrogens is 202 g/mol. The largest absolute Gasteiger partial charge is 0.409 e. The molecule has 0 aliphatic heterocycles. The number of anilines is 1. The first-order chi connectivity index (χ1) is 7.63. The fraction of sp³-hybridized carbons (Fsp3) is 0.417. The number of benzene rings is 1. The van der Waals surface area contributed by atoms with Gasteiger partial charge in [-0.25, -0.2) is 0 Å². The molecule has 0 aromatic heterocycles. The molecular formula is C12H19N3O. The van der Waals surface area contributed by atoms with E-state index in [-0.39, 0.29) is 5.84 Å². The third-order valence-electron chi connectivity index (χ3n) is 2.72. The monoisotopic (exact) mass is 221 g/mol. The van der Waals surface area contributed by atoms with Gasteiger partial charge in [0.05, 0.1) is 0 Å². The second-order valence-corrected chi connectivity index (χ2v) is 3.66. The number of oxime groups is 1. The lowest BCUT2D eigenvalue weighted by atomic mass is 10.1. The fourth-order valence-electron chi connectivity index (χ4n) is 1.77. The predicted octanol–water partition coefficient (Wildman–Crippen LogP) is 1.94. The summed E-state index contributed by atoms with van der Waals surface area (Å²) < 4.78 is 0. The van der Waals surface area contributed by atoms with Crippen molar-refractivity contribution < 1.29 is 5.21 Å². The van der Waals surface area contributed by atoms with E-state index in [9.17, 15) is 0 Å². The molecule has 0 spiro atoms. The molecule has 16 heavy (non-hydrogen) atoms. The van der Waals surface area contributed by atoms with Crippen molar-refractivity contribution in [3.05, 3.63) is 29.3 Å². The number of nitrogens with zero attached hydrogens (tertiary/aromatic N) is 2. The molecule has 1 rings (SSSR count). The van der Waals surface area contributed by atoms with E-state index in [1.54, 1.807) is 0 Å². The van der Waals surface area contributed by atoms with Crippen LogP contribution in [-0.2, 0) is 0 Å². The highest BCUT2D eigenvalue weighted by Crippen LogP contribution is 2.18. The molecule has 0 fully saturated rings. The Hall–Kier alpha value is -1.71. The highest BCUT2D eigenvalue weighted by Gasteiger charge is 2.07.